The van der Waals surface area contributed by atoms with Crippen molar-refractivity contribution in [1.29, 1.82) is 0 Å². The smallest absolute Gasteiger partial charge is 0.299 e. The van der Waals surface area contributed by atoms with Gasteiger partial charge in [0.15, 0.2) is 0 Å². The zero-order valence-corrected chi connectivity index (χ0v) is 9.52. The first kappa shape index (κ1) is 9.98. The average molecular weight is 244 g/mol. The molecule has 0 bridgehead atoms. The Kier molecular flexibility index (Phi) is 2.55. The van der Waals surface area contributed by atoms with Gasteiger partial charge in [-0.25, -0.2) is 0 Å². The summed E-state index contributed by atoms with van der Waals surface area (Å²) < 4.78 is 5.57. The molecule has 0 saturated heterocycles. The van der Waals surface area contributed by atoms with E-state index in [0.717, 1.165) is 16.9 Å². The fraction of sp³-hybridized carbons (Fsp3) is 0. The monoisotopic (exact) mass is 244 g/mol. The number of ether oxygens (including phenoxy) is 1. The number of nitrogens with zero attached hydrogens (tertiary/aromatic N) is 3. The Bertz CT molecular complexity index is 592. The molecule has 3 rings (SSSR count). The average Bonchev–Trinajstić information content (AvgIpc) is 3.01. The summed E-state index contributed by atoms with van der Waals surface area (Å²) in [6, 6.07) is 7.74. The normalized spacial score (nSPS) is 10.4. The van der Waals surface area contributed by atoms with Gasteiger partial charge in [0.05, 0.1) is 6.20 Å². The SMILES string of the molecule is c1cc(Oc2nncs2)cc(-c2cn[nH]c2)c1. The summed E-state index contributed by atoms with van der Waals surface area (Å²) in [5, 5.41) is 14.8. The van der Waals surface area contributed by atoms with Crippen LogP contribution in [0.3, 0.4) is 0 Å². The summed E-state index contributed by atoms with van der Waals surface area (Å²) in [5.74, 6) is 0.737. The Balaban J connectivity index is 1.89. The Morgan fingerprint density at radius 1 is 1.24 bits per heavy atom. The van der Waals surface area contributed by atoms with Crippen molar-refractivity contribution in [2.75, 3.05) is 0 Å². The van der Waals surface area contributed by atoms with Crippen molar-refractivity contribution in [3.63, 3.8) is 0 Å². The lowest BCUT2D eigenvalue weighted by molar-refractivity contribution is 0.473. The molecule has 2 heterocycles. The van der Waals surface area contributed by atoms with Crippen molar-refractivity contribution in [2.45, 2.75) is 0 Å². The molecule has 0 spiro atoms. The molecule has 17 heavy (non-hydrogen) atoms. The molecule has 0 aliphatic carbocycles. The van der Waals surface area contributed by atoms with Crippen molar-refractivity contribution in [3.05, 3.63) is 42.2 Å². The van der Waals surface area contributed by atoms with E-state index in [0.29, 0.717) is 5.19 Å². The minimum atomic E-state index is 0.536. The van der Waals surface area contributed by atoms with E-state index >= 15 is 0 Å². The summed E-state index contributed by atoms with van der Waals surface area (Å²) in [7, 11) is 0. The van der Waals surface area contributed by atoms with E-state index in [1.165, 1.54) is 11.3 Å². The highest BCUT2D eigenvalue weighted by atomic mass is 32.1. The van der Waals surface area contributed by atoms with Gasteiger partial charge < -0.3 is 4.74 Å². The molecule has 3 aromatic rings. The second-order valence-electron chi connectivity index (χ2n) is 3.32. The van der Waals surface area contributed by atoms with Crippen LogP contribution in [0.15, 0.2) is 42.2 Å². The van der Waals surface area contributed by atoms with Crippen LogP contribution in [0.4, 0.5) is 0 Å². The first-order valence-corrected chi connectivity index (χ1v) is 5.83. The Morgan fingerprint density at radius 2 is 2.24 bits per heavy atom. The highest BCUT2D eigenvalue weighted by molar-refractivity contribution is 7.11. The summed E-state index contributed by atoms with van der Waals surface area (Å²) in [5.41, 5.74) is 3.70. The molecule has 1 N–H and O–H groups in total. The van der Waals surface area contributed by atoms with Gasteiger partial charge in [-0.1, -0.05) is 28.6 Å². The van der Waals surface area contributed by atoms with Crippen molar-refractivity contribution < 1.29 is 4.74 Å². The molecule has 0 saturated carbocycles. The van der Waals surface area contributed by atoms with Crippen molar-refractivity contribution in [3.8, 4) is 22.1 Å². The fourth-order valence-corrected chi connectivity index (χ4v) is 1.88. The number of hydrogen-bond donors (Lipinski definition) is 1. The van der Waals surface area contributed by atoms with Gasteiger partial charge in [-0.2, -0.15) is 5.10 Å². The van der Waals surface area contributed by atoms with Crippen LogP contribution in [0, 0.1) is 0 Å². The van der Waals surface area contributed by atoms with E-state index in [1.807, 2.05) is 30.5 Å². The third-order valence-electron chi connectivity index (χ3n) is 2.21. The molecular formula is C11H8N4OS. The maximum Gasteiger partial charge on any atom is 0.299 e. The van der Waals surface area contributed by atoms with Crippen LogP contribution in [0.2, 0.25) is 0 Å². The van der Waals surface area contributed by atoms with Gasteiger partial charge in [0.1, 0.15) is 11.3 Å². The second kappa shape index (κ2) is 4.34. The van der Waals surface area contributed by atoms with E-state index in [-0.39, 0.29) is 0 Å². The van der Waals surface area contributed by atoms with Crippen LogP contribution in [-0.2, 0) is 0 Å². The maximum atomic E-state index is 5.57. The summed E-state index contributed by atoms with van der Waals surface area (Å²) in [4.78, 5) is 0. The molecular weight excluding hydrogens is 236 g/mol. The maximum absolute atomic E-state index is 5.57. The largest absolute Gasteiger partial charge is 0.430 e. The zero-order chi connectivity index (χ0) is 11.5. The van der Waals surface area contributed by atoms with Crippen LogP contribution >= 0.6 is 11.3 Å². The third kappa shape index (κ3) is 2.16. The van der Waals surface area contributed by atoms with Gasteiger partial charge >= 0.3 is 0 Å². The molecule has 0 atom stereocenters. The standard InChI is InChI=1S/C11H8N4OS/c1-2-8(9-5-12-13-6-9)4-10(3-1)16-11-15-14-7-17-11/h1-7H,(H,12,13). The van der Waals surface area contributed by atoms with Crippen LogP contribution in [0.25, 0.3) is 11.1 Å². The number of aromatic nitrogens is 4. The van der Waals surface area contributed by atoms with Gasteiger partial charge in [0.25, 0.3) is 5.19 Å². The molecule has 0 aliphatic rings. The molecule has 84 valence electrons. The van der Waals surface area contributed by atoms with E-state index in [9.17, 15) is 0 Å². The number of benzene rings is 1. The molecule has 1 aromatic carbocycles. The fourth-order valence-electron chi connectivity index (χ4n) is 1.46. The third-order valence-corrected chi connectivity index (χ3v) is 2.78. The number of H-pyrrole nitrogens is 1. The van der Waals surface area contributed by atoms with Gasteiger partial charge in [0.2, 0.25) is 0 Å². The lowest BCUT2D eigenvalue weighted by Crippen LogP contribution is -1.84. The molecule has 5 nitrogen and oxygen atoms in total. The minimum absolute atomic E-state index is 0.536. The molecule has 2 aromatic heterocycles. The summed E-state index contributed by atoms with van der Waals surface area (Å²) in [6.07, 6.45) is 3.61. The van der Waals surface area contributed by atoms with Crippen molar-refractivity contribution in [2.24, 2.45) is 0 Å². The first-order valence-electron chi connectivity index (χ1n) is 4.95. The van der Waals surface area contributed by atoms with Crippen molar-refractivity contribution >= 4 is 11.3 Å². The lowest BCUT2D eigenvalue weighted by atomic mass is 10.1. The Labute approximate surface area is 101 Å². The van der Waals surface area contributed by atoms with Gasteiger partial charge in [0, 0.05) is 11.8 Å². The van der Waals surface area contributed by atoms with Gasteiger partial charge in [-0.15, -0.1) is 5.10 Å². The number of hydrogen-bond acceptors (Lipinski definition) is 5. The molecule has 0 radical (unpaired) electrons. The molecule has 0 unspecified atom stereocenters. The topological polar surface area (TPSA) is 63.7 Å². The van der Waals surface area contributed by atoms with E-state index in [4.69, 9.17) is 4.74 Å². The summed E-state index contributed by atoms with van der Waals surface area (Å²) in [6.45, 7) is 0. The van der Waals surface area contributed by atoms with E-state index in [2.05, 4.69) is 20.4 Å². The molecule has 0 aliphatic heterocycles. The second-order valence-corrected chi connectivity index (χ2v) is 4.12. The van der Waals surface area contributed by atoms with Crippen molar-refractivity contribution in [1.82, 2.24) is 20.4 Å². The number of aromatic amines is 1. The van der Waals surface area contributed by atoms with Crippen LogP contribution < -0.4 is 4.74 Å². The van der Waals surface area contributed by atoms with Crippen LogP contribution in [0.1, 0.15) is 0 Å². The predicted molar refractivity (Wildman–Crippen MR) is 64.0 cm³/mol. The predicted octanol–water partition coefficient (Wildman–Crippen LogP) is 2.72. The number of nitrogens with one attached hydrogen (secondary N) is 1. The molecule has 0 fully saturated rings. The Hall–Kier alpha value is -2.21. The van der Waals surface area contributed by atoms with E-state index < -0.39 is 0 Å². The van der Waals surface area contributed by atoms with Gasteiger partial charge in [-0.05, 0) is 17.7 Å². The summed E-state index contributed by atoms with van der Waals surface area (Å²) >= 11 is 1.36. The lowest BCUT2D eigenvalue weighted by Gasteiger charge is -2.02. The van der Waals surface area contributed by atoms with Crippen LogP contribution in [-0.4, -0.2) is 20.4 Å². The minimum Gasteiger partial charge on any atom is -0.430 e. The first-order chi connectivity index (χ1) is 8.42. The van der Waals surface area contributed by atoms with E-state index in [1.54, 1.807) is 11.7 Å². The highest BCUT2D eigenvalue weighted by Gasteiger charge is 2.03. The number of rotatable bonds is 3. The zero-order valence-electron chi connectivity index (χ0n) is 8.70. The quantitative estimate of drug-likeness (QED) is 0.769. The van der Waals surface area contributed by atoms with Gasteiger partial charge in [-0.3, -0.25) is 5.10 Å². The molecule has 0 amide bonds. The Morgan fingerprint density at radius 3 is 3.00 bits per heavy atom. The van der Waals surface area contributed by atoms with Crippen LogP contribution in [0.5, 0.6) is 10.9 Å². The molecule has 6 heteroatoms. The highest BCUT2D eigenvalue weighted by Crippen LogP contribution is 2.27.